The van der Waals surface area contributed by atoms with Crippen LogP contribution in [0.25, 0.3) is 0 Å². The van der Waals surface area contributed by atoms with Gasteiger partial charge >= 0.3 is 11.9 Å². The zero-order valence-corrected chi connectivity index (χ0v) is 12.2. The standard InChI is InChI=1S/C15H18FNO4/c1-15(14(20)21-3)8-11(13(18)19)12(17(15)2)9-5-4-6-10(16)7-9/h4-7,11-12H,8H2,1-3H3,(H,18,19)/t11-,12+,15-/m1/s1. The second-order valence-corrected chi connectivity index (χ2v) is 5.53. The molecular weight excluding hydrogens is 277 g/mol. The number of hydrogen-bond acceptors (Lipinski definition) is 4. The summed E-state index contributed by atoms with van der Waals surface area (Å²) in [4.78, 5) is 25.2. The maximum absolute atomic E-state index is 13.4. The minimum Gasteiger partial charge on any atom is -0.481 e. The lowest BCUT2D eigenvalue weighted by Gasteiger charge is -2.32. The minimum atomic E-state index is -1.05. The third-order valence-electron chi connectivity index (χ3n) is 4.33. The highest BCUT2D eigenvalue weighted by Gasteiger charge is 2.55. The first kappa shape index (κ1) is 15.4. The minimum absolute atomic E-state index is 0.118. The predicted octanol–water partition coefficient (Wildman–Crippen LogP) is 1.83. The molecule has 0 spiro atoms. The van der Waals surface area contributed by atoms with Gasteiger partial charge in [0.2, 0.25) is 0 Å². The Bertz CT molecular complexity index is 577. The molecule has 0 radical (unpaired) electrons. The van der Waals surface area contributed by atoms with Crippen LogP contribution >= 0.6 is 0 Å². The number of methoxy groups -OCH3 is 1. The average Bonchev–Trinajstić information content (AvgIpc) is 2.72. The molecule has 1 aliphatic heterocycles. The number of carbonyl (C=O) groups excluding carboxylic acids is 1. The average molecular weight is 295 g/mol. The van der Waals surface area contributed by atoms with Gasteiger partial charge in [-0.1, -0.05) is 12.1 Å². The molecule has 1 heterocycles. The van der Waals surface area contributed by atoms with Crippen LogP contribution in [0.5, 0.6) is 0 Å². The number of ether oxygens (including phenoxy) is 1. The van der Waals surface area contributed by atoms with Crippen molar-refractivity contribution in [3.63, 3.8) is 0 Å². The van der Waals surface area contributed by atoms with E-state index in [4.69, 9.17) is 4.74 Å². The van der Waals surface area contributed by atoms with Gasteiger partial charge in [0.05, 0.1) is 13.0 Å². The second kappa shape index (κ2) is 5.44. The number of carboxylic acid groups (broad SMARTS) is 1. The molecule has 0 amide bonds. The van der Waals surface area contributed by atoms with Gasteiger partial charge in [0.1, 0.15) is 11.4 Å². The van der Waals surface area contributed by atoms with Crippen molar-refractivity contribution in [2.45, 2.75) is 24.9 Å². The lowest BCUT2D eigenvalue weighted by Crippen LogP contribution is -2.47. The molecule has 1 aliphatic rings. The van der Waals surface area contributed by atoms with Crippen molar-refractivity contribution in [1.82, 2.24) is 4.90 Å². The molecule has 3 atom stereocenters. The zero-order chi connectivity index (χ0) is 15.8. The zero-order valence-electron chi connectivity index (χ0n) is 12.2. The molecule has 0 bridgehead atoms. The number of halogens is 1. The summed E-state index contributed by atoms with van der Waals surface area (Å²) in [6.07, 6.45) is 0.118. The van der Waals surface area contributed by atoms with Gasteiger partial charge < -0.3 is 9.84 Å². The molecule has 0 aromatic heterocycles. The Kier molecular flexibility index (Phi) is 4.00. The summed E-state index contributed by atoms with van der Waals surface area (Å²) in [6, 6.07) is 5.23. The molecule has 6 heteroatoms. The van der Waals surface area contributed by atoms with Crippen LogP contribution in [0.3, 0.4) is 0 Å². The van der Waals surface area contributed by atoms with E-state index in [9.17, 15) is 19.1 Å². The predicted molar refractivity (Wildman–Crippen MR) is 73.1 cm³/mol. The Balaban J connectivity index is 2.47. The SMILES string of the molecule is COC(=O)[C@@]1(C)C[C@@H](C(=O)O)[C@H](c2cccc(F)c2)N1C. The highest BCUT2D eigenvalue weighted by molar-refractivity contribution is 5.83. The Labute approximate surface area is 122 Å². The topological polar surface area (TPSA) is 66.8 Å². The van der Waals surface area contributed by atoms with Crippen molar-refractivity contribution in [3.8, 4) is 0 Å². The normalized spacial score (nSPS) is 29.3. The summed E-state index contributed by atoms with van der Waals surface area (Å²) in [5.41, 5.74) is -0.507. The summed E-state index contributed by atoms with van der Waals surface area (Å²) in [6.45, 7) is 1.65. The highest BCUT2D eigenvalue weighted by Crippen LogP contribution is 2.46. The Morgan fingerprint density at radius 3 is 2.67 bits per heavy atom. The van der Waals surface area contributed by atoms with E-state index in [1.165, 1.54) is 25.3 Å². The van der Waals surface area contributed by atoms with E-state index in [-0.39, 0.29) is 6.42 Å². The number of hydrogen-bond donors (Lipinski definition) is 1. The van der Waals surface area contributed by atoms with Gasteiger partial charge in [-0.25, -0.2) is 4.39 Å². The highest BCUT2D eigenvalue weighted by atomic mass is 19.1. The monoisotopic (exact) mass is 295 g/mol. The number of esters is 1. The molecule has 1 aromatic rings. The molecule has 5 nitrogen and oxygen atoms in total. The second-order valence-electron chi connectivity index (χ2n) is 5.53. The van der Waals surface area contributed by atoms with Crippen LogP contribution in [-0.2, 0) is 14.3 Å². The van der Waals surface area contributed by atoms with E-state index in [0.29, 0.717) is 5.56 Å². The molecule has 0 aliphatic carbocycles. The maximum atomic E-state index is 13.4. The van der Waals surface area contributed by atoms with Crippen LogP contribution in [0.4, 0.5) is 4.39 Å². The van der Waals surface area contributed by atoms with Crippen molar-refractivity contribution < 1.29 is 23.8 Å². The summed E-state index contributed by atoms with van der Waals surface area (Å²) < 4.78 is 18.2. The van der Waals surface area contributed by atoms with E-state index >= 15 is 0 Å². The molecule has 21 heavy (non-hydrogen) atoms. The number of benzene rings is 1. The first-order valence-corrected chi connectivity index (χ1v) is 6.61. The van der Waals surface area contributed by atoms with Gasteiger partial charge in [-0.3, -0.25) is 14.5 Å². The number of aliphatic carboxylic acids is 1. The Morgan fingerprint density at radius 1 is 1.48 bits per heavy atom. The van der Waals surface area contributed by atoms with Gasteiger partial charge in [-0.2, -0.15) is 0 Å². The fraction of sp³-hybridized carbons (Fsp3) is 0.467. The van der Waals surface area contributed by atoms with Crippen molar-refractivity contribution in [2.75, 3.05) is 14.2 Å². The van der Waals surface area contributed by atoms with E-state index in [1.54, 1.807) is 24.9 Å². The largest absolute Gasteiger partial charge is 0.481 e. The van der Waals surface area contributed by atoms with Crippen LogP contribution in [0.2, 0.25) is 0 Å². The van der Waals surface area contributed by atoms with Gasteiger partial charge in [0.25, 0.3) is 0 Å². The van der Waals surface area contributed by atoms with Crippen molar-refractivity contribution in [2.24, 2.45) is 5.92 Å². The van der Waals surface area contributed by atoms with Crippen LogP contribution in [0, 0.1) is 11.7 Å². The summed E-state index contributed by atoms with van der Waals surface area (Å²) in [5.74, 6) is -2.74. The molecular formula is C15H18FNO4. The number of nitrogens with zero attached hydrogens (tertiary/aromatic N) is 1. The maximum Gasteiger partial charge on any atom is 0.326 e. The van der Waals surface area contributed by atoms with Crippen LogP contribution in [-0.4, -0.2) is 41.6 Å². The quantitative estimate of drug-likeness (QED) is 0.862. The first-order valence-electron chi connectivity index (χ1n) is 6.61. The summed E-state index contributed by atoms with van der Waals surface area (Å²) in [7, 11) is 2.93. The third kappa shape index (κ3) is 2.51. The van der Waals surface area contributed by atoms with Crippen molar-refractivity contribution in [1.29, 1.82) is 0 Å². The number of carbonyl (C=O) groups is 2. The number of rotatable bonds is 3. The lowest BCUT2D eigenvalue weighted by molar-refractivity contribution is -0.152. The first-order chi connectivity index (χ1) is 9.81. The molecule has 1 fully saturated rings. The van der Waals surface area contributed by atoms with E-state index < -0.39 is 35.3 Å². The third-order valence-corrected chi connectivity index (χ3v) is 4.33. The van der Waals surface area contributed by atoms with Crippen LogP contribution in [0.1, 0.15) is 24.9 Å². The fourth-order valence-corrected chi connectivity index (χ4v) is 3.08. The van der Waals surface area contributed by atoms with E-state index in [2.05, 4.69) is 0 Å². The van der Waals surface area contributed by atoms with Crippen molar-refractivity contribution in [3.05, 3.63) is 35.6 Å². The van der Waals surface area contributed by atoms with Gasteiger partial charge in [0.15, 0.2) is 0 Å². The molecule has 1 saturated heterocycles. The summed E-state index contributed by atoms with van der Waals surface area (Å²) in [5, 5.41) is 9.45. The molecule has 0 saturated carbocycles. The molecule has 114 valence electrons. The summed E-state index contributed by atoms with van der Waals surface area (Å²) >= 11 is 0. The molecule has 1 N–H and O–H groups in total. The lowest BCUT2D eigenvalue weighted by atomic mass is 9.90. The molecule has 2 rings (SSSR count). The Morgan fingerprint density at radius 2 is 2.14 bits per heavy atom. The van der Waals surface area contributed by atoms with Gasteiger partial charge in [-0.05, 0) is 38.1 Å². The van der Waals surface area contributed by atoms with E-state index in [1.807, 2.05) is 0 Å². The molecule has 0 unspecified atom stereocenters. The number of likely N-dealkylation sites (N-methyl/N-ethyl adjacent to an activating group) is 1. The smallest absolute Gasteiger partial charge is 0.326 e. The Hall–Kier alpha value is -1.95. The number of carboxylic acids is 1. The van der Waals surface area contributed by atoms with Crippen LogP contribution in [0.15, 0.2) is 24.3 Å². The van der Waals surface area contributed by atoms with Crippen molar-refractivity contribution >= 4 is 11.9 Å². The number of likely N-dealkylation sites (tertiary alicyclic amines) is 1. The van der Waals surface area contributed by atoms with E-state index in [0.717, 1.165) is 0 Å². The van der Waals surface area contributed by atoms with Gasteiger partial charge in [-0.15, -0.1) is 0 Å². The van der Waals surface area contributed by atoms with Gasteiger partial charge in [0, 0.05) is 6.04 Å². The van der Waals surface area contributed by atoms with Crippen LogP contribution < -0.4 is 0 Å². The fourth-order valence-electron chi connectivity index (χ4n) is 3.08. The molecule has 1 aromatic carbocycles.